The van der Waals surface area contributed by atoms with Crippen LogP contribution in [0.15, 0.2) is 0 Å². The SMILES string of the molecule is CN(C)C(=O)CNCC1(C)CCCS1. The molecule has 1 aliphatic rings. The maximum atomic E-state index is 11.3. The van der Waals surface area contributed by atoms with Crippen LogP contribution in [0.2, 0.25) is 0 Å². The number of thioether (sulfide) groups is 1. The molecule has 1 fully saturated rings. The third-order valence-electron chi connectivity index (χ3n) is 2.57. The Morgan fingerprint density at radius 3 is 2.79 bits per heavy atom. The van der Waals surface area contributed by atoms with E-state index in [2.05, 4.69) is 12.2 Å². The molecule has 1 heterocycles. The van der Waals surface area contributed by atoms with Crippen LogP contribution in [0.25, 0.3) is 0 Å². The highest BCUT2D eigenvalue weighted by Gasteiger charge is 2.28. The molecule has 1 saturated heterocycles. The predicted molar refractivity (Wildman–Crippen MR) is 61.7 cm³/mol. The monoisotopic (exact) mass is 216 g/mol. The third-order valence-corrected chi connectivity index (χ3v) is 4.11. The quantitative estimate of drug-likeness (QED) is 0.759. The van der Waals surface area contributed by atoms with Gasteiger partial charge in [0.25, 0.3) is 0 Å². The molecule has 1 N–H and O–H groups in total. The molecule has 4 heteroatoms. The van der Waals surface area contributed by atoms with Crippen molar-refractivity contribution in [3.63, 3.8) is 0 Å². The van der Waals surface area contributed by atoms with Crippen LogP contribution in [0.3, 0.4) is 0 Å². The molecular formula is C10H20N2OS. The van der Waals surface area contributed by atoms with Crippen molar-refractivity contribution in [2.45, 2.75) is 24.5 Å². The zero-order chi connectivity index (χ0) is 10.6. The van der Waals surface area contributed by atoms with Gasteiger partial charge in [0.05, 0.1) is 6.54 Å². The highest BCUT2D eigenvalue weighted by Crippen LogP contribution is 2.36. The first-order valence-electron chi connectivity index (χ1n) is 5.08. The van der Waals surface area contributed by atoms with Gasteiger partial charge < -0.3 is 10.2 Å². The van der Waals surface area contributed by atoms with E-state index in [4.69, 9.17) is 0 Å². The van der Waals surface area contributed by atoms with Gasteiger partial charge >= 0.3 is 0 Å². The van der Waals surface area contributed by atoms with E-state index in [1.54, 1.807) is 19.0 Å². The number of nitrogens with zero attached hydrogens (tertiary/aromatic N) is 1. The number of carbonyl (C=O) groups excluding carboxylic acids is 1. The number of amides is 1. The van der Waals surface area contributed by atoms with Crippen LogP contribution < -0.4 is 5.32 Å². The Kier molecular flexibility index (Phi) is 4.26. The highest BCUT2D eigenvalue weighted by molar-refractivity contribution is 8.00. The van der Waals surface area contributed by atoms with Crippen molar-refractivity contribution >= 4 is 17.7 Å². The standard InChI is InChI=1S/C10H20N2OS/c1-10(5-4-6-14-10)8-11-7-9(13)12(2)3/h11H,4-8H2,1-3H3. The van der Waals surface area contributed by atoms with Crippen molar-refractivity contribution in [2.24, 2.45) is 0 Å². The Morgan fingerprint density at radius 2 is 2.29 bits per heavy atom. The third kappa shape index (κ3) is 3.50. The summed E-state index contributed by atoms with van der Waals surface area (Å²) in [5, 5.41) is 3.24. The number of carbonyl (C=O) groups is 1. The highest BCUT2D eigenvalue weighted by atomic mass is 32.2. The minimum atomic E-state index is 0.150. The second kappa shape index (κ2) is 5.03. The zero-order valence-electron chi connectivity index (χ0n) is 9.30. The maximum absolute atomic E-state index is 11.3. The van der Waals surface area contributed by atoms with Crippen molar-refractivity contribution in [3.8, 4) is 0 Å². The first-order chi connectivity index (χ1) is 6.53. The van der Waals surface area contributed by atoms with E-state index in [0.717, 1.165) is 6.54 Å². The summed E-state index contributed by atoms with van der Waals surface area (Å²) in [4.78, 5) is 12.9. The largest absolute Gasteiger partial charge is 0.348 e. The summed E-state index contributed by atoms with van der Waals surface area (Å²) in [6, 6.07) is 0. The van der Waals surface area contributed by atoms with E-state index >= 15 is 0 Å². The van der Waals surface area contributed by atoms with Crippen molar-refractivity contribution in [1.82, 2.24) is 10.2 Å². The number of nitrogens with one attached hydrogen (secondary N) is 1. The van der Waals surface area contributed by atoms with E-state index in [9.17, 15) is 4.79 Å². The Hall–Kier alpha value is -0.220. The molecule has 1 atom stereocenters. The normalized spacial score (nSPS) is 26.5. The average Bonchev–Trinajstić information content (AvgIpc) is 2.52. The topological polar surface area (TPSA) is 32.3 Å². The second-order valence-corrected chi connectivity index (χ2v) is 5.98. The average molecular weight is 216 g/mol. The van der Waals surface area contributed by atoms with Gasteiger partial charge in [-0.1, -0.05) is 0 Å². The van der Waals surface area contributed by atoms with Crippen LogP contribution in [0, 0.1) is 0 Å². The van der Waals surface area contributed by atoms with Gasteiger partial charge in [-0.3, -0.25) is 4.79 Å². The van der Waals surface area contributed by atoms with Gasteiger partial charge in [0, 0.05) is 25.4 Å². The fraction of sp³-hybridized carbons (Fsp3) is 0.900. The van der Waals surface area contributed by atoms with Crippen LogP contribution in [0.5, 0.6) is 0 Å². The summed E-state index contributed by atoms with van der Waals surface area (Å²) in [5.74, 6) is 1.41. The second-order valence-electron chi connectivity index (χ2n) is 4.29. The molecular weight excluding hydrogens is 196 g/mol. The summed E-state index contributed by atoms with van der Waals surface area (Å²) in [6.45, 7) is 3.68. The number of rotatable bonds is 4. The molecule has 0 aromatic rings. The number of likely N-dealkylation sites (N-methyl/N-ethyl adjacent to an activating group) is 1. The minimum Gasteiger partial charge on any atom is -0.348 e. The molecule has 1 unspecified atom stereocenters. The van der Waals surface area contributed by atoms with Crippen LogP contribution in [-0.2, 0) is 4.79 Å². The van der Waals surface area contributed by atoms with Gasteiger partial charge in [0.15, 0.2) is 0 Å². The minimum absolute atomic E-state index is 0.150. The molecule has 0 aliphatic carbocycles. The molecule has 14 heavy (non-hydrogen) atoms. The molecule has 0 aromatic heterocycles. The lowest BCUT2D eigenvalue weighted by Crippen LogP contribution is -2.39. The van der Waals surface area contributed by atoms with E-state index in [1.807, 2.05) is 11.8 Å². The Bertz CT molecular complexity index is 200. The lowest BCUT2D eigenvalue weighted by atomic mass is 10.1. The molecule has 82 valence electrons. The first-order valence-corrected chi connectivity index (χ1v) is 6.07. The first kappa shape index (κ1) is 11.9. The smallest absolute Gasteiger partial charge is 0.236 e. The van der Waals surface area contributed by atoms with Crippen LogP contribution in [0.4, 0.5) is 0 Å². The summed E-state index contributed by atoms with van der Waals surface area (Å²) in [6.07, 6.45) is 2.57. The van der Waals surface area contributed by atoms with Crippen molar-refractivity contribution in [3.05, 3.63) is 0 Å². The fourth-order valence-electron chi connectivity index (χ4n) is 1.57. The van der Waals surface area contributed by atoms with Crippen LogP contribution in [0.1, 0.15) is 19.8 Å². The Morgan fingerprint density at radius 1 is 1.57 bits per heavy atom. The van der Waals surface area contributed by atoms with Gasteiger partial charge in [0.2, 0.25) is 5.91 Å². The molecule has 0 saturated carbocycles. The molecule has 0 spiro atoms. The molecule has 0 radical (unpaired) electrons. The van der Waals surface area contributed by atoms with Crippen LogP contribution >= 0.6 is 11.8 Å². The predicted octanol–water partition coefficient (Wildman–Crippen LogP) is 0.950. The Labute approximate surface area is 90.6 Å². The van der Waals surface area contributed by atoms with Crippen molar-refractivity contribution < 1.29 is 4.79 Å². The van der Waals surface area contributed by atoms with Gasteiger partial charge in [-0.15, -0.1) is 0 Å². The molecule has 1 rings (SSSR count). The summed E-state index contributed by atoms with van der Waals surface area (Å²) in [7, 11) is 3.58. The van der Waals surface area contributed by atoms with Crippen LogP contribution in [-0.4, -0.2) is 48.5 Å². The molecule has 1 aliphatic heterocycles. The molecule has 1 amide bonds. The zero-order valence-corrected chi connectivity index (χ0v) is 10.1. The summed E-state index contributed by atoms with van der Waals surface area (Å²) < 4.78 is 0.354. The molecule has 0 bridgehead atoms. The lowest BCUT2D eigenvalue weighted by molar-refractivity contribution is -0.127. The van der Waals surface area contributed by atoms with Crippen molar-refractivity contribution in [2.75, 3.05) is 32.9 Å². The maximum Gasteiger partial charge on any atom is 0.236 e. The Balaban J connectivity index is 2.17. The number of hydrogen-bond acceptors (Lipinski definition) is 3. The number of hydrogen-bond donors (Lipinski definition) is 1. The molecule has 3 nitrogen and oxygen atoms in total. The van der Waals surface area contributed by atoms with Crippen molar-refractivity contribution in [1.29, 1.82) is 0 Å². The lowest BCUT2D eigenvalue weighted by Gasteiger charge is -2.23. The summed E-state index contributed by atoms with van der Waals surface area (Å²) >= 11 is 2.02. The van der Waals surface area contributed by atoms with E-state index in [0.29, 0.717) is 11.3 Å². The van der Waals surface area contributed by atoms with Gasteiger partial charge in [0.1, 0.15) is 0 Å². The summed E-state index contributed by atoms with van der Waals surface area (Å²) in [5.41, 5.74) is 0. The fourth-order valence-corrected chi connectivity index (χ4v) is 2.84. The van der Waals surface area contributed by atoms with Gasteiger partial charge in [-0.25, -0.2) is 0 Å². The van der Waals surface area contributed by atoms with Gasteiger partial charge in [-0.2, -0.15) is 11.8 Å². The van der Waals surface area contributed by atoms with E-state index in [1.165, 1.54) is 18.6 Å². The van der Waals surface area contributed by atoms with E-state index < -0.39 is 0 Å². The van der Waals surface area contributed by atoms with Gasteiger partial charge in [-0.05, 0) is 25.5 Å². The van der Waals surface area contributed by atoms with E-state index in [-0.39, 0.29) is 5.91 Å². The molecule has 0 aromatic carbocycles.